The zero-order valence-electron chi connectivity index (χ0n) is 55.4. The third-order valence-electron chi connectivity index (χ3n) is 8.51. The molecule has 0 saturated heterocycles. The normalized spacial score (nSPS) is 20.2. The summed E-state index contributed by atoms with van der Waals surface area (Å²) in [6.45, 7) is 0. The van der Waals surface area contributed by atoms with E-state index in [9.17, 15) is 16.4 Å². The van der Waals surface area contributed by atoms with Crippen molar-refractivity contribution in [3.05, 3.63) is 181 Å². The number of hydrogen-bond acceptors (Lipinski definition) is 1. The Kier molecular flexibility index (Phi) is 2.50. The smallest absolute Gasteiger partial charge is 0.136 e. The van der Waals surface area contributed by atoms with Gasteiger partial charge in [0, 0.05) is 10.8 Å². The zero-order chi connectivity index (χ0) is 59.6. The first kappa shape index (κ1) is 11.7. The van der Waals surface area contributed by atoms with Gasteiger partial charge in [0.2, 0.25) is 0 Å². The fourth-order valence-electron chi connectivity index (χ4n) is 6.32. The number of hydrogen-bond donors (Lipinski definition) is 0. The highest BCUT2D eigenvalue weighted by molar-refractivity contribution is 6.26. The molecule has 0 bridgehead atoms. The molecule has 0 saturated carbocycles. The van der Waals surface area contributed by atoms with Crippen LogP contribution in [0.4, 0.5) is 0 Å². The van der Waals surface area contributed by atoms with Crippen LogP contribution in [0.1, 0.15) is 41.1 Å². The summed E-state index contributed by atoms with van der Waals surface area (Å²) in [5.41, 5.74) is -6.12. The lowest BCUT2D eigenvalue weighted by Gasteiger charge is -2.18. The molecule has 0 amide bonds. The summed E-state index contributed by atoms with van der Waals surface area (Å²) in [7, 11) is 0. The monoisotopic (exact) mass is 676 g/mol. The second kappa shape index (κ2) is 10.9. The molecule has 0 N–H and O–H groups in total. The van der Waals surface area contributed by atoms with Crippen LogP contribution in [0.2, 0.25) is 0 Å². The van der Waals surface area contributed by atoms with Gasteiger partial charge >= 0.3 is 0 Å². The van der Waals surface area contributed by atoms with Crippen LogP contribution in [0.3, 0.4) is 0 Å². The SMILES string of the molecule is [2H]c1c([2H])c(-c2c3c([2H])c([2H])c([2H])c([2H])c3c(-c3c([2H])c([2H])c([2H])c4oc5c([2H])c6c([2H])c([2H])c([2H])c([2H])c6c([2H])c5c34)c3c([2H])c([2H])c([2H])c([2H])c23)c([2H])c([2H])c1-c1c([2H])c([2H])c2c([2H])c([2H])c3c([2H])c([2H])c([2H])c([2H])c3c2c1[2H]. The highest BCUT2D eigenvalue weighted by atomic mass is 16.3. The third kappa shape index (κ3) is 4.28. The van der Waals surface area contributed by atoms with E-state index in [1.54, 1.807) is 0 Å². The quantitative estimate of drug-likeness (QED) is 0.134. The van der Waals surface area contributed by atoms with E-state index >= 15 is 0 Å². The van der Waals surface area contributed by atoms with Crippen molar-refractivity contribution in [3.8, 4) is 33.4 Å². The molecule has 1 heteroatoms. The summed E-state index contributed by atoms with van der Waals surface area (Å²) < 4.78 is 278. The molecule has 1 heterocycles. The van der Waals surface area contributed by atoms with Crippen LogP contribution < -0.4 is 0 Å². The summed E-state index contributed by atoms with van der Waals surface area (Å²) in [4.78, 5) is 0. The Morgan fingerprint density at radius 3 is 1.55 bits per heavy atom. The standard InChI is InChI=1S/C50H30O/c1-2-12-36-30-47-45(29-35(36)11-1)50-43(18-9-19-46(50)51-47)49-41-16-7-5-14-39(41)48(40-15-6-8-17-42(40)49)34-25-20-31(21-26-34)37-27-24-33-23-22-32-10-3-4-13-38(32)44(33)28-37/h1-30H/i1D,2D,3D,4D,5D,6D,7D,8D,9D,10D,11D,12D,13D,14D,15D,16D,17D,18D,19D,20D,21D,22D,23D,24D,25D,26D,27D,28D,29D,30D. The van der Waals surface area contributed by atoms with Gasteiger partial charge < -0.3 is 4.42 Å². The maximum atomic E-state index is 9.69. The Hall–Kier alpha value is -6.70. The number of benzene rings is 10. The predicted molar refractivity (Wildman–Crippen MR) is 218 cm³/mol. The van der Waals surface area contributed by atoms with Crippen molar-refractivity contribution in [1.82, 2.24) is 0 Å². The van der Waals surface area contributed by atoms with Crippen LogP contribution in [0, 0.1) is 0 Å². The molecule has 0 aliphatic heterocycles. The molecule has 51 heavy (non-hydrogen) atoms. The fraction of sp³-hybridized carbons (Fsp3) is 0. The maximum absolute atomic E-state index is 9.69. The van der Waals surface area contributed by atoms with Gasteiger partial charge in [0.1, 0.15) is 11.2 Å². The molecule has 11 aromatic rings. The number of furan rings is 1. The van der Waals surface area contributed by atoms with Crippen LogP contribution in [-0.4, -0.2) is 0 Å². The van der Waals surface area contributed by atoms with Gasteiger partial charge in [-0.1, -0.05) is 157 Å². The lowest BCUT2D eigenvalue weighted by Crippen LogP contribution is -1.91. The molecule has 0 fully saturated rings. The van der Waals surface area contributed by atoms with Gasteiger partial charge in [-0.2, -0.15) is 0 Å². The van der Waals surface area contributed by atoms with Crippen LogP contribution in [0.25, 0.3) is 109 Å². The van der Waals surface area contributed by atoms with Gasteiger partial charge in [-0.15, -0.1) is 0 Å². The summed E-state index contributed by atoms with van der Waals surface area (Å²) in [5, 5.41) is -7.43. The van der Waals surface area contributed by atoms with Crippen molar-refractivity contribution >= 4 is 75.8 Å². The predicted octanol–water partition coefficient (Wildman–Crippen LogP) is 14.4. The van der Waals surface area contributed by atoms with Crippen molar-refractivity contribution in [2.75, 3.05) is 0 Å². The summed E-state index contributed by atoms with van der Waals surface area (Å²) in [5.74, 6) is 0. The molecule has 0 aliphatic carbocycles. The van der Waals surface area contributed by atoms with Gasteiger partial charge in [0.05, 0.1) is 41.1 Å². The van der Waals surface area contributed by atoms with E-state index in [0.29, 0.717) is 0 Å². The first-order chi connectivity index (χ1) is 37.8. The van der Waals surface area contributed by atoms with Crippen molar-refractivity contribution in [2.24, 2.45) is 0 Å². The minimum Gasteiger partial charge on any atom is -0.456 e. The van der Waals surface area contributed by atoms with E-state index in [-0.39, 0.29) is 0 Å². The molecule has 0 spiro atoms. The van der Waals surface area contributed by atoms with Gasteiger partial charge in [0.25, 0.3) is 0 Å². The van der Waals surface area contributed by atoms with Gasteiger partial charge in [-0.25, -0.2) is 0 Å². The Labute approximate surface area is 336 Å². The number of rotatable bonds is 3. The van der Waals surface area contributed by atoms with Crippen LogP contribution in [0.15, 0.2) is 186 Å². The molecule has 0 unspecified atom stereocenters. The van der Waals surface area contributed by atoms with E-state index in [1.165, 1.54) is 0 Å². The Morgan fingerprint density at radius 1 is 0.314 bits per heavy atom. The average molecular weight is 677 g/mol. The van der Waals surface area contributed by atoms with Crippen molar-refractivity contribution < 1.29 is 45.5 Å². The molecule has 1 aromatic heterocycles. The molecule has 11 rings (SSSR count). The van der Waals surface area contributed by atoms with Gasteiger partial charge in [0.15, 0.2) is 0 Å². The van der Waals surface area contributed by atoms with E-state index in [4.69, 9.17) is 29.1 Å². The minimum absolute atomic E-state index is 0.495. The lowest BCUT2D eigenvalue weighted by molar-refractivity contribution is 0.669. The molecule has 1 nitrogen and oxygen atoms in total. The number of fused-ring (bicyclic) bond motifs is 9. The Morgan fingerprint density at radius 2 is 0.843 bits per heavy atom. The first-order valence-corrected chi connectivity index (χ1v) is 15.2. The largest absolute Gasteiger partial charge is 0.456 e. The molecule has 0 radical (unpaired) electrons. The first-order valence-electron chi connectivity index (χ1n) is 30.2. The van der Waals surface area contributed by atoms with Crippen LogP contribution >= 0.6 is 0 Å². The van der Waals surface area contributed by atoms with Crippen molar-refractivity contribution in [3.63, 3.8) is 0 Å². The summed E-state index contributed by atoms with van der Waals surface area (Å²) in [6, 6.07) is -27.9. The van der Waals surface area contributed by atoms with E-state index < -0.39 is 290 Å². The second-order valence-electron chi connectivity index (χ2n) is 11.3. The molecular formula is C50H30O. The Bertz CT molecular complexity index is 4820. The summed E-state index contributed by atoms with van der Waals surface area (Å²) >= 11 is 0. The van der Waals surface area contributed by atoms with E-state index in [0.717, 1.165) is 0 Å². The fourth-order valence-corrected chi connectivity index (χ4v) is 6.32. The third-order valence-corrected chi connectivity index (χ3v) is 8.51. The maximum Gasteiger partial charge on any atom is 0.136 e. The topological polar surface area (TPSA) is 13.1 Å². The second-order valence-corrected chi connectivity index (χ2v) is 11.3. The minimum atomic E-state index is -1.14. The van der Waals surface area contributed by atoms with Crippen molar-refractivity contribution in [1.29, 1.82) is 0 Å². The zero-order valence-corrected chi connectivity index (χ0v) is 25.4. The highest BCUT2D eigenvalue weighted by Crippen LogP contribution is 2.47. The molecule has 10 aromatic carbocycles. The lowest BCUT2D eigenvalue weighted by atomic mass is 9.84. The van der Waals surface area contributed by atoms with Gasteiger partial charge in [-0.3, -0.25) is 0 Å². The average Bonchev–Trinajstić information content (AvgIpc) is 2.35. The van der Waals surface area contributed by atoms with Crippen LogP contribution in [-0.2, 0) is 0 Å². The van der Waals surface area contributed by atoms with Crippen LogP contribution in [0.5, 0.6) is 0 Å². The summed E-state index contributed by atoms with van der Waals surface area (Å²) in [6.07, 6.45) is 0. The van der Waals surface area contributed by atoms with Gasteiger partial charge in [-0.05, 0) is 111 Å². The highest BCUT2D eigenvalue weighted by Gasteiger charge is 2.20. The molecular weight excluding hydrogens is 617 g/mol. The molecule has 0 aliphatic rings. The molecule has 0 atom stereocenters. The Balaban J connectivity index is 1.37. The van der Waals surface area contributed by atoms with E-state index in [1.807, 2.05) is 0 Å². The molecule has 236 valence electrons. The van der Waals surface area contributed by atoms with E-state index in [2.05, 4.69) is 0 Å². The van der Waals surface area contributed by atoms with Crippen molar-refractivity contribution in [2.45, 2.75) is 0 Å².